The minimum absolute atomic E-state index is 0.0499. The van der Waals surface area contributed by atoms with Gasteiger partial charge < -0.3 is 15.0 Å². The van der Waals surface area contributed by atoms with E-state index in [4.69, 9.17) is 4.74 Å². The number of carbonyl (C=O) groups is 2. The number of nitrogens with one attached hydrogen (secondary N) is 1. The topological polar surface area (TPSA) is 58.6 Å². The van der Waals surface area contributed by atoms with E-state index < -0.39 is 6.04 Å². The Bertz CT molecular complexity index is 1090. The Morgan fingerprint density at radius 3 is 2.36 bits per heavy atom. The Morgan fingerprint density at radius 1 is 0.939 bits per heavy atom. The molecule has 0 saturated carbocycles. The molecule has 0 saturated heterocycles. The van der Waals surface area contributed by atoms with Gasteiger partial charge in [-0.25, -0.2) is 0 Å². The molecule has 0 aliphatic carbocycles. The fraction of sp³-hybridized carbons (Fsp3) is 0.357. The van der Waals surface area contributed by atoms with E-state index in [0.29, 0.717) is 18.7 Å². The number of ether oxygens (including phenoxy) is 1. The number of carbonyl (C=O) groups excluding carboxylic acids is 2. The van der Waals surface area contributed by atoms with Crippen molar-refractivity contribution in [3.8, 4) is 5.75 Å². The molecule has 33 heavy (non-hydrogen) atoms. The summed E-state index contributed by atoms with van der Waals surface area (Å²) in [6, 6.07) is 21.2. The van der Waals surface area contributed by atoms with E-state index in [2.05, 4.69) is 5.32 Å². The van der Waals surface area contributed by atoms with Crippen molar-refractivity contribution in [2.24, 2.45) is 0 Å². The normalized spacial score (nSPS) is 12.7. The Labute approximate surface area is 196 Å². The van der Waals surface area contributed by atoms with E-state index in [9.17, 15) is 9.59 Å². The summed E-state index contributed by atoms with van der Waals surface area (Å²) in [6.07, 6.45) is 1.35. The molecular formula is C28H34N2O3. The van der Waals surface area contributed by atoms with Gasteiger partial charge in [-0.3, -0.25) is 9.59 Å². The summed E-state index contributed by atoms with van der Waals surface area (Å²) < 4.78 is 5.98. The number of rotatable bonds is 10. The van der Waals surface area contributed by atoms with Gasteiger partial charge in [0.05, 0.1) is 0 Å². The highest BCUT2D eigenvalue weighted by atomic mass is 16.5. The van der Waals surface area contributed by atoms with Gasteiger partial charge >= 0.3 is 0 Å². The smallest absolute Gasteiger partial charge is 0.261 e. The predicted octanol–water partition coefficient (Wildman–Crippen LogP) is 5.25. The highest BCUT2D eigenvalue weighted by molar-refractivity contribution is 5.90. The van der Waals surface area contributed by atoms with Gasteiger partial charge in [0.15, 0.2) is 6.61 Å². The predicted molar refractivity (Wildman–Crippen MR) is 133 cm³/mol. The molecule has 0 aliphatic heterocycles. The molecule has 2 amide bonds. The molecule has 0 aromatic heterocycles. The molecule has 0 fully saturated rings. The fourth-order valence-electron chi connectivity index (χ4n) is 3.88. The van der Waals surface area contributed by atoms with E-state index in [-0.39, 0.29) is 24.5 Å². The summed E-state index contributed by atoms with van der Waals surface area (Å²) >= 11 is 0. The molecule has 3 aromatic carbocycles. The van der Waals surface area contributed by atoms with Gasteiger partial charge in [-0.05, 0) is 49.3 Å². The molecule has 0 spiro atoms. The lowest BCUT2D eigenvalue weighted by Crippen LogP contribution is -2.51. The van der Waals surface area contributed by atoms with Crippen LogP contribution in [0.2, 0.25) is 0 Å². The average Bonchev–Trinajstić information content (AvgIpc) is 2.83. The second-order valence-corrected chi connectivity index (χ2v) is 8.46. The molecule has 3 aromatic rings. The molecule has 0 aliphatic rings. The number of aryl methyl sites for hydroxylation is 1. The Balaban J connectivity index is 1.84. The van der Waals surface area contributed by atoms with Crippen molar-refractivity contribution < 1.29 is 14.3 Å². The van der Waals surface area contributed by atoms with E-state index in [1.807, 2.05) is 94.4 Å². The summed E-state index contributed by atoms with van der Waals surface area (Å²) in [5.41, 5.74) is 2.10. The molecule has 0 heterocycles. The number of amides is 2. The molecule has 1 N–H and O–H groups in total. The van der Waals surface area contributed by atoms with Crippen LogP contribution in [0, 0.1) is 6.92 Å². The molecule has 3 rings (SSSR count). The number of nitrogens with zero attached hydrogens (tertiary/aromatic N) is 1. The third-order valence-corrected chi connectivity index (χ3v) is 6.09. The summed E-state index contributed by atoms with van der Waals surface area (Å²) in [5.74, 6) is 0.325. The van der Waals surface area contributed by atoms with Crippen LogP contribution in [0.1, 0.15) is 44.7 Å². The molecule has 0 bridgehead atoms. The molecule has 2 atom stereocenters. The summed E-state index contributed by atoms with van der Waals surface area (Å²) in [4.78, 5) is 28.2. The van der Waals surface area contributed by atoms with Gasteiger partial charge in [0.1, 0.15) is 11.8 Å². The molecule has 174 valence electrons. The average molecular weight is 447 g/mol. The van der Waals surface area contributed by atoms with Crippen molar-refractivity contribution in [3.63, 3.8) is 0 Å². The number of benzene rings is 3. The van der Waals surface area contributed by atoms with Crippen molar-refractivity contribution in [1.29, 1.82) is 0 Å². The van der Waals surface area contributed by atoms with Gasteiger partial charge in [0.2, 0.25) is 5.91 Å². The lowest BCUT2D eigenvalue weighted by Gasteiger charge is -2.31. The second-order valence-electron chi connectivity index (χ2n) is 8.46. The van der Waals surface area contributed by atoms with Crippen LogP contribution in [0.4, 0.5) is 0 Å². The Hall–Kier alpha value is -3.34. The van der Waals surface area contributed by atoms with Crippen LogP contribution in [0.15, 0.2) is 66.7 Å². The molecule has 5 nitrogen and oxygen atoms in total. The van der Waals surface area contributed by atoms with Crippen LogP contribution in [0.5, 0.6) is 5.75 Å². The number of fused-ring (bicyclic) bond motifs is 1. The molecule has 0 radical (unpaired) electrons. The van der Waals surface area contributed by atoms with E-state index in [1.54, 1.807) is 4.90 Å². The van der Waals surface area contributed by atoms with Gasteiger partial charge in [0.25, 0.3) is 5.91 Å². The SMILES string of the molecule is CC[C@@H](C)NC(=O)[C@@H](CC)N(Cc1ccccc1C)C(=O)COc1cccc2ccccc12. The summed E-state index contributed by atoms with van der Waals surface area (Å²) in [5, 5.41) is 5.05. The van der Waals surface area contributed by atoms with E-state index in [0.717, 1.165) is 28.3 Å². The van der Waals surface area contributed by atoms with Crippen LogP contribution >= 0.6 is 0 Å². The Morgan fingerprint density at radius 2 is 1.64 bits per heavy atom. The molecule has 5 heteroatoms. The largest absolute Gasteiger partial charge is 0.483 e. The van der Waals surface area contributed by atoms with Gasteiger partial charge in [0, 0.05) is 18.0 Å². The van der Waals surface area contributed by atoms with Crippen molar-refractivity contribution in [2.45, 2.75) is 59.2 Å². The first-order valence-corrected chi connectivity index (χ1v) is 11.7. The van der Waals surface area contributed by atoms with Crippen molar-refractivity contribution in [3.05, 3.63) is 77.9 Å². The minimum Gasteiger partial charge on any atom is -0.483 e. The first kappa shape index (κ1) is 24.3. The standard InChI is InChI=1S/C28H34N2O3/c1-5-21(4)29-28(32)25(6-2)30(18-23-14-8-7-12-20(23)3)27(31)19-33-26-17-11-15-22-13-9-10-16-24(22)26/h7-17,21,25H,5-6,18-19H2,1-4H3,(H,29,32)/t21-,25-/m1/s1. The Kier molecular flexibility index (Phi) is 8.47. The van der Waals surface area contributed by atoms with E-state index >= 15 is 0 Å². The zero-order valence-corrected chi connectivity index (χ0v) is 20.0. The summed E-state index contributed by atoms with van der Waals surface area (Å²) in [6.45, 7) is 8.18. The quantitative estimate of drug-likeness (QED) is 0.463. The maximum Gasteiger partial charge on any atom is 0.261 e. The van der Waals surface area contributed by atoms with Crippen molar-refractivity contribution in [2.75, 3.05) is 6.61 Å². The maximum atomic E-state index is 13.4. The first-order valence-electron chi connectivity index (χ1n) is 11.7. The third kappa shape index (κ3) is 6.13. The van der Waals surface area contributed by atoms with Crippen LogP contribution < -0.4 is 10.1 Å². The monoisotopic (exact) mass is 446 g/mol. The maximum absolute atomic E-state index is 13.4. The second kappa shape index (κ2) is 11.5. The van der Waals surface area contributed by atoms with Gasteiger partial charge in [-0.2, -0.15) is 0 Å². The lowest BCUT2D eigenvalue weighted by atomic mass is 10.1. The van der Waals surface area contributed by atoms with Crippen LogP contribution in [-0.4, -0.2) is 35.4 Å². The molecule has 0 unspecified atom stereocenters. The number of hydrogen-bond acceptors (Lipinski definition) is 3. The lowest BCUT2D eigenvalue weighted by molar-refractivity contribution is -0.143. The van der Waals surface area contributed by atoms with Gasteiger partial charge in [-0.1, -0.05) is 74.5 Å². The minimum atomic E-state index is -0.567. The third-order valence-electron chi connectivity index (χ3n) is 6.09. The highest BCUT2D eigenvalue weighted by Crippen LogP contribution is 2.25. The van der Waals surface area contributed by atoms with Crippen molar-refractivity contribution >= 4 is 22.6 Å². The number of hydrogen-bond donors (Lipinski definition) is 1. The van der Waals surface area contributed by atoms with Crippen LogP contribution in [0.3, 0.4) is 0 Å². The van der Waals surface area contributed by atoms with Crippen molar-refractivity contribution in [1.82, 2.24) is 10.2 Å². The first-order chi connectivity index (χ1) is 15.9. The zero-order valence-electron chi connectivity index (χ0n) is 20.0. The van der Waals surface area contributed by atoms with Crippen LogP contribution in [-0.2, 0) is 16.1 Å². The molecular weight excluding hydrogens is 412 g/mol. The van der Waals surface area contributed by atoms with Crippen LogP contribution in [0.25, 0.3) is 10.8 Å². The van der Waals surface area contributed by atoms with E-state index in [1.165, 1.54) is 0 Å². The zero-order chi connectivity index (χ0) is 23.8. The van der Waals surface area contributed by atoms with Gasteiger partial charge in [-0.15, -0.1) is 0 Å². The fourth-order valence-corrected chi connectivity index (χ4v) is 3.88. The summed E-state index contributed by atoms with van der Waals surface area (Å²) in [7, 11) is 0. The highest BCUT2D eigenvalue weighted by Gasteiger charge is 2.29.